The predicted octanol–water partition coefficient (Wildman–Crippen LogP) is 6.37. The van der Waals surface area contributed by atoms with Crippen molar-refractivity contribution in [1.82, 2.24) is 4.98 Å². The molecule has 0 radical (unpaired) electrons. The number of aromatic nitrogens is 1. The highest BCUT2D eigenvalue weighted by atomic mass is 79.9. The van der Waals surface area contributed by atoms with E-state index in [1.165, 1.54) is 16.5 Å². The summed E-state index contributed by atoms with van der Waals surface area (Å²) in [5.74, 6) is -0.195. The minimum absolute atomic E-state index is 0.195. The van der Waals surface area contributed by atoms with E-state index in [1.807, 2.05) is 12.1 Å². The third-order valence-electron chi connectivity index (χ3n) is 3.55. The molecule has 132 valence electrons. The SMILES string of the molecule is C=CC(=O)Nc1sc(C)c(CC)c1-c1nc2ccc(Br)cc2s1.CF. The number of carbonyl (C=O) groups excluding carboxylic acids is 1. The number of nitrogens with zero attached hydrogens (tertiary/aromatic N) is 1. The lowest BCUT2D eigenvalue weighted by Gasteiger charge is -2.04. The maximum absolute atomic E-state index is 11.7. The van der Waals surface area contributed by atoms with Gasteiger partial charge in [-0.1, -0.05) is 29.4 Å². The minimum atomic E-state index is -0.195. The van der Waals surface area contributed by atoms with Crippen LogP contribution in [0.2, 0.25) is 0 Å². The van der Waals surface area contributed by atoms with E-state index in [2.05, 4.69) is 47.7 Å². The zero-order valence-corrected chi connectivity index (χ0v) is 17.4. The Morgan fingerprint density at radius 3 is 2.76 bits per heavy atom. The predicted molar refractivity (Wildman–Crippen MR) is 111 cm³/mol. The van der Waals surface area contributed by atoms with Gasteiger partial charge in [0.1, 0.15) is 10.0 Å². The van der Waals surface area contributed by atoms with Gasteiger partial charge in [-0.3, -0.25) is 9.18 Å². The Bertz CT molecular complexity index is 917. The van der Waals surface area contributed by atoms with Crippen LogP contribution in [0.15, 0.2) is 35.3 Å². The van der Waals surface area contributed by atoms with Crippen molar-refractivity contribution in [2.45, 2.75) is 20.3 Å². The summed E-state index contributed by atoms with van der Waals surface area (Å²) < 4.78 is 11.7. The lowest BCUT2D eigenvalue weighted by Crippen LogP contribution is -2.06. The summed E-state index contributed by atoms with van der Waals surface area (Å²) in [7, 11) is 0.500. The molecule has 0 unspecified atom stereocenters. The Balaban J connectivity index is 0.00000109. The monoisotopic (exact) mass is 440 g/mol. The summed E-state index contributed by atoms with van der Waals surface area (Å²) in [4.78, 5) is 17.7. The molecule has 25 heavy (non-hydrogen) atoms. The summed E-state index contributed by atoms with van der Waals surface area (Å²) in [5, 5.41) is 4.72. The number of carbonyl (C=O) groups is 1. The Hall–Kier alpha value is -1.57. The number of fused-ring (bicyclic) bond motifs is 1. The first-order valence-electron chi connectivity index (χ1n) is 7.53. The van der Waals surface area contributed by atoms with Crippen LogP contribution < -0.4 is 5.32 Å². The molecule has 3 rings (SSSR count). The molecule has 0 aliphatic carbocycles. The Labute approximate surface area is 162 Å². The topological polar surface area (TPSA) is 42.0 Å². The Morgan fingerprint density at radius 2 is 2.12 bits per heavy atom. The summed E-state index contributed by atoms with van der Waals surface area (Å²) >= 11 is 6.74. The van der Waals surface area contributed by atoms with Gasteiger partial charge in [0.25, 0.3) is 0 Å². The smallest absolute Gasteiger partial charge is 0.248 e. The zero-order valence-electron chi connectivity index (χ0n) is 14.2. The number of thiophene rings is 1. The van der Waals surface area contributed by atoms with Crippen LogP contribution in [0.25, 0.3) is 20.8 Å². The van der Waals surface area contributed by atoms with Crippen molar-refractivity contribution in [3.63, 3.8) is 0 Å². The van der Waals surface area contributed by atoms with Gasteiger partial charge < -0.3 is 5.32 Å². The van der Waals surface area contributed by atoms with Gasteiger partial charge >= 0.3 is 0 Å². The highest BCUT2D eigenvalue weighted by Crippen LogP contribution is 2.43. The largest absolute Gasteiger partial charge is 0.314 e. The van der Waals surface area contributed by atoms with Gasteiger partial charge in [-0.15, -0.1) is 22.7 Å². The van der Waals surface area contributed by atoms with Crippen LogP contribution in [0, 0.1) is 6.92 Å². The van der Waals surface area contributed by atoms with E-state index < -0.39 is 0 Å². The summed E-state index contributed by atoms with van der Waals surface area (Å²) in [6, 6.07) is 6.07. The molecule has 0 fully saturated rings. The van der Waals surface area contributed by atoms with E-state index in [-0.39, 0.29) is 5.91 Å². The van der Waals surface area contributed by atoms with Crippen molar-refractivity contribution in [3.8, 4) is 10.6 Å². The van der Waals surface area contributed by atoms with Crippen molar-refractivity contribution in [2.75, 3.05) is 12.5 Å². The van der Waals surface area contributed by atoms with Crippen molar-refractivity contribution in [1.29, 1.82) is 0 Å². The number of hydrogen-bond acceptors (Lipinski definition) is 4. The van der Waals surface area contributed by atoms with E-state index in [0.29, 0.717) is 7.18 Å². The fourth-order valence-electron chi connectivity index (χ4n) is 2.49. The van der Waals surface area contributed by atoms with Gasteiger partial charge in [-0.05, 0) is 43.2 Å². The van der Waals surface area contributed by atoms with Crippen LogP contribution in [-0.2, 0) is 11.2 Å². The lowest BCUT2D eigenvalue weighted by atomic mass is 10.1. The van der Waals surface area contributed by atoms with Gasteiger partial charge in [0.15, 0.2) is 0 Å². The number of hydrogen-bond donors (Lipinski definition) is 1. The molecule has 0 saturated heterocycles. The van der Waals surface area contributed by atoms with Crippen LogP contribution in [0.4, 0.5) is 9.39 Å². The molecule has 7 heteroatoms. The third kappa shape index (κ3) is 4.16. The molecule has 0 bridgehead atoms. The maximum atomic E-state index is 11.7. The molecule has 0 spiro atoms. The molecule has 2 heterocycles. The second-order valence-corrected chi connectivity index (χ2v) is 8.19. The van der Waals surface area contributed by atoms with Crippen molar-refractivity contribution >= 4 is 59.7 Å². The number of nitrogens with one attached hydrogen (secondary N) is 1. The summed E-state index contributed by atoms with van der Waals surface area (Å²) in [5.41, 5.74) is 3.26. The van der Waals surface area contributed by atoms with Gasteiger partial charge in [0.05, 0.1) is 17.4 Å². The average molecular weight is 441 g/mol. The molecule has 0 atom stereocenters. The van der Waals surface area contributed by atoms with Crippen LogP contribution in [0.5, 0.6) is 0 Å². The van der Waals surface area contributed by atoms with Crippen LogP contribution in [-0.4, -0.2) is 18.1 Å². The highest BCUT2D eigenvalue weighted by molar-refractivity contribution is 9.10. The van der Waals surface area contributed by atoms with E-state index in [9.17, 15) is 9.18 Å². The zero-order chi connectivity index (χ0) is 18.6. The molecular weight excluding hydrogens is 423 g/mol. The van der Waals surface area contributed by atoms with E-state index >= 15 is 0 Å². The Kier molecular flexibility index (Phi) is 6.87. The van der Waals surface area contributed by atoms with E-state index in [4.69, 9.17) is 4.98 Å². The van der Waals surface area contributed by atoms with Crippen LogP contribution in [0.3, 0.4) is 0 Å². The molecule has 0 aliphatic rings. The number of halogens is 2. The summed E-state index contributed by atoms with van der Waals surface area (Å²) in [6.45, 7) is 7.74. The minimum Gasteiger partial charge on any atom is -0.314 e. The van der Waals surface area contributed by atoms with Gasteiger partial charge in [0.2, 0.25) is 5.91 Å². The molecule has 3 aromatic rings. The number of rotatable bonds is 4. The first-order valence-corrected chi connectivity index (χ1v) is 9.96. The lowest BCUT2D eigenvalue weighted by molar-refractivity contribution is -0.111. The van der Waals surface area contributed by atoms with Crippen molar-refractivity contribution in [2.24, 2.45) is 0 Å². The molecule has 2 aromatic heterocycles. The highest BCUT2D eigenvalue weighted by Gasteiger charge is 2.20. The Morgan fingerprint density at radius 1 is 1.40 bits per heavy atom. The van der Waals surface area contributed by atoms with E-state index in [0.717, 1.165) is 36.7 Å². The normalized spacial score (nSPS) is 10.3. The second-order valence-electron chi connectivity index (χ2n) is 5.02. The molecular formula is C18H18BrFN2OS2. The van der Waals surface area contributed by atoms with Crippen LogP contribution >= 0.6 is 38.6 Å². The molecule has 1 aromatic carbocycles. The molecule has 0 aliphatic heterocycles. The number of anilines is 1. The maximum Gasteiger partial charge on any atom is 0.248 e. The fourth-order valence-corrected chi connectivity index (χ4v) is 5.30. The van der Waals surface area contributed by atoms with E-state index in [1.54, 1.807) is 22.7 Å². The van der Waals surface area contributed by atoms with Crippen molar-refractivity contribution < 1.29 is 9.18 Å². The van der Waals surface area contributed by atoms with Crippen LogP contribution in [0.1, 0.15) is 17.4 Å². The number of alkyl halides is 1. The molecule has 0 saturated carbocycles. The number of benzene rings is 1. The summed E-state index contributed by atoms with van der Waals surface area (Å²) in [6.07, 6.45) is 2.20. The average Bonchev–Trinajstić information content (AvgIpc) is 3.15. The standard InChI is InChI=1S/C17H15BrN2OS2.CH3F/c1-4-11-9(3)22-17(20-14(21)5-2)15(11)16-19-12-7-6-10(18)8-13(12)23-16;1-2/h5-8H,2,4H2,1,3H3,(H,20,21);1H3. The number of thiazole rings is 1. The second kappa shape index (κ2) is 8.69. The number of amides is 1. The first kappa shape index (κ1) is 19.8. The molecule has 1 amide bonds. The van der Waals surface area contributed by atoms with Gasteiger partial charge in [0, 0.05) is 14.9 Å². The fraction of sp³-hybridized carbons (Fsp3) is 0.222. The first-order chi connectivity index (χ1) is 12.0. The quantitative estimate of drug-likeness (QED) is 0.478. The third-order valence-corrected chi connectivity index (χ3v) is 6.14. The molecule has 3 nitrogen and oxygen atoms in total. The van der Waals surface area contributed by atoms with Gasteiger partial charge in [-0.25, -0.2) is 4.98 Å². The van der Waals surface area contributed by atoms with Crippen molar-refractivity contribution in [3.05, 3.63) is 45.8 Å². The van der Waals surface area contributed by atoms with Gasteiger partial charge in [-0.2, -0.15) is 0 Å². The molecule has 1 N–H and O–H groups in total. The number of aryl methyl sites for hydroxylation is 1.